The van der Waals surface area contributed by atoms with E-state index < -0.39 is 0 Å². The molecular weight excluding hydrogens is 273 g/mol. The average molecular weight is 277 g/mol. The first-order chi connectivity index (χ1) is 0. The van der Waals surface area contributed by atoms with Crippen LogP contribution in [0.3, 0.4) is 0 Å². The fraction of sp³-hybridized carbons (Fsp3) is 0. The van der Waals surface area contributed by atoms with Gasteiger partial charge in [0.15, 0.2) is 0 Å². The maximum absolute atomic E-state index is 0. The molecule has 0 rings (SSSR count). The van der Waals surface area contributed by atoms with Gasteiger partial charge in [-0.3, -0.25) is 0 Å². The van der Waals surface area contributed by atoms with Gasteiger partial charge in [0, 0.05) is 39.4 Å². The van der Waals surface area contributed by atoms with Crippen molar-refractivity contribution in [3.05, 3.63) is 0 Å². The fourth-order valence-electron chi connectivity index (χ4n) is 0. The molecule has 0 spiro atoms. The molecule has 0 aliphatic heterocycles. The smallest absolute Gasteiger partial charge is 0 e. The van der Waals surface area contributed by atoms with Crippen LogP contribution in [0.25, 0.3) is 0 Å². The molecule has 0 aromatic heterocycles. The van der Waals surface area contributed by atoms with E-state index in [1.54, 1.807) is 0 Å². The van der Waals surface area contributed by atoms with E-state index in [-0.39, 0.29) is 89.0 Å². The monoisotopic (exact) mass is 275 g/mol. The van der Waals surface area contributed by atoms with Gasteiger partial charge in [0.25, 0.3) is 0 Å². The van der Waals surface area contributed by atoms with E-state index in [4.69, 9.17) is 0 Å². The first kappa shape index (κ1) is 134. The van der Waals surface area contributed by atoms with Crippen LogP contribution in [-0.2, 0) is 33.3 Å². The molecule has 0 amide bonds. The molecule has 4 radical (unpaired) electrons. The summed E-state index contributed by atoms with van der Waals surface area (Å²) in [5, 5.41) is 0. The molecule has 7 heteroatoms. The second-order valence-corrected chi connectivity index (χ2v) is 0. The minimum absolute atomic E-state index is 0. The summed E-state index contributed by atoms with van der Waals surface area (Å²) in [6.07, 6.45) is 0. The molecular formula is H4Cl4CoNNi. The van der Waals surface area contributed by atoms with Crippen LogP contribution < -0.4 is 6.15 Å². The Morgan fingerprint density at radius 2 is 0.571 bits per heavy atom. The van der Waals surface area contributed by atoms with Crippen LogP contribution in [-0.4, -0.2) is 0 Å². The molecule has 0 N–H and O–H groups in total. The Morgan fingerprint density at radius 3 is 0.571 bits per heavy atom. The van der Waals surface area contributed by atoms with Gasteiger partial charge < -0.3 is 0 Å². The second kappa shape index (κ2) is 91.6. The van der Waals surface area contributed by atoms with Gasteiger partial charge in [0.1, 0.15) is 0 Å². The van der Waals surface area contributed by atoms with Crippen molar-refractivity contribution < 1.29 is 33.3 Å². The molecule has 0 heterocycles. The Balaban J connectivity index is 0. The maximum Gasteiger partial charge on any atom is 0 e. The van der Waals surface area contributed by atoms with E-state index in [9.17, 15) is 0 Å². The molecule has 7 heavy (non-hydrogen) atoms. The van der Waals surface area contributed by atoms with Crippen molar-refractivity contribution in [3.63, 3.8) is 0 Å². The van der Waals surface area contributed by atoms with Crippen molar-refractivity contribution in [1.82, 2.24) is 6.15 Å². The third kappa shape index (κ3) is 67.7. The summed E-state index contributed by atoms with van der Waals surface area (Å²) in [4.78, 5) is 0. The molecule has 0 aromatic carbocycles. The number of hydrogen-bond acceptors (Lipinski definition) is 0. The minimum atomic E-state index is 0. The van der Waals surface area contributed by atoms with Crippen molar-refractivity contribution in [2.45, 2.75) is 0 Å². The molecule has 0 saturated carbocycles. The second-order valence-electron chi connectivity index (χ2n) is 0. The van der Waals surface area contributed by atoms with Crippen LogP contribution in [0.15, 0.2) is 0 Å². The molecule has 0 aliphatic rings. The summed E-state index contributed by atoms with van der Waals surface area (Å²) in [5.41, 5.74) is 0. The fourth-order valence-corrected chi connectivity index (χ4v) is 0. The van der Waals surface area contributed by atoms with Crippen molar-refractivity contribution in [2.24, 2.45) is 0 Å². The molecule has 1 nitrogen and oxygen atoms in total. The van der Waals surface area contributed by atoms with Gasteiger partial charge in [0.2, 0.25) is 0 Å². The quantitative estimate of drug-likeness (QED) is 0.596. The van der Waals surface area contributed by atoms with Gasteiger partial charge in [0.05, 0.1) is 0 Å². The molecule has 0 unspecified atom stereocenters. The first-order valence-corrected chi connectivity index (χ1v) is 0. The van der Waals surface area contributed by atoms with Crippen LogP contribution in [0.4, 0.5) is 0 Å². The SMILES string of the molecule is Cl.Cl.Cl.Cl.[Co].[N].[Ni]. The number of hydrogen-bond donors (Lipinski definition) is 0. The Hall–Kier alpha value is 2.12. The molecule has 0 saturated heterocycles. The minimum Gasteiger partial charge on any atom is -0.147 e. The zero-order valence-electron chi connectivity index (χ0n) is 2.73. The zero-order valence-corrected chi connectivity index (χ0v) is 8.02. The van der Waals surface area contributed by atoms with Crippen molar-refractivity contribution in [2.75, 3.05) is 0 Å². The van der Waals surface area contributed by atoms with E-state index in [1.165, 1.54) is 0 Å². The van der Waals surface area contributed by atoms with Crippen LogP contribution >= 0.6 is 49.6 Å². The zero-order chi connectivity index (χ0) is 0. The van der Waals surface area contributed by atoms with E-state index >= 15 is 0 Å². The van der Waals surface area contributed by atoms with Crippen LogP contribution in [0.5, 0.6) is 0 Å². The average Bonchev–Trinajstić information content (AvgIpc) is 0. The number of rotatable bonds is 0. The van der Waals surface area contributed by atoms with Gasteiger partial charge in [-0.1, -0.05) is 0 Å². The third-order valence-electron chi connectivity index (χ3n) is 0. The van der Waals surface area contributed by atoms with Gasteiger partial charge in [-0.15, -0.1) is 49.6 Å². The summed E-state index contributed by atoms with van der Waals surface area (Å²) in [7, 11) is 0. The Morgan fingerprint density at radius 1 is 0.571 bits per heavy atom. The molecule has 0 aromatic rings. The first-order valence-electron chi connectivity index (χ1n) is 0. The summed E-state index contributed by atoms with van der Waals surface area (Å²) in [6, 6.07) is 0. The van der Waals surface area contributed by atoms with Gasteiger partial charge in [-0.05, 0) is 0 Å². The normalized spacial score (nSPS) is 0. The predicted molar refractivity (Wildman–Crippen MR) is 31.1 cm³/mol. The van der Waals surface area contributed by atoms with Crippen molar-refractivity contribution >= 4 is 49.6 Å². The summed E-state index contributed by atoms with van der Waals surface area (Å²) in [6.45, 7) is 0. The Kier molecular flexibility index (Phi) is 1750. The standard InChI is InChI=1S/4ClH.Co.N.Ni/h4*1H;;;. The summed E-state index contributed by atoms with van der Waals surface area (Å²) in [5.74, 6) is 0. The predicted octanol–water partition coefficient (Wildman–Crippen LogP) is 1.20. The maximum atomic E-state index is 0. The Labute approximate surface area is 88.5 Å². The van der Waals surface area contributed by atoms with Crippen LogP contribution in [0.2, 0.25) is 0 Å². The number of nitrogens with zero attached hydrogens (tertiary/aromatic N) is 1. The van der Waals surface area contributed by atoms with Crippen LogP contribution in [0.1, 0.15) is 0 Å². The van der Waals surface area contributed by atoms with Crippen molar-refractivity contribution in [1.29, 1.82) is 0 Å². The number of halogens is 4. The molecule has 0 atom stereocenters. The van der Waals surface area contributed by atoms with E-state index in [0.29, 0.717) is 0 Å². The largest absolute Gasteiger partial charge is 0.147 e. The molecule has 0 bridgehead atoms. The molecule has 56 valence electrons. The van der Waals surface area contributed by atoms with E-state index in [1.807, 2.05) is 0 Å². The van der Waals surface area contributed by atoms with Gasteiger partial charge in [-0.2, -0.15) is 0 Å². The van der Waals surface area contributed by atoms with E-state index in [0.717, 1.165) is 0 Å². The van der Waals surface area contributed by atoms with Crippen molar-refractivity contribution in [3.8, 4) is 0 Å². The summed E-state index contributed by atoms with van der Waals surface area (Å²) >= 11 is 0. The van der Waals surface area contributed by atoms with Gasteiger partial charge >= 0.3 is 0 Å². The Bertz CT molecular complexity index is 11.7. The third-order valence-corrected chi connectivity index (χ3v) is 0. The molecule has 0 fully saturated rings. The molecule has 0 aliphatic carbocycles. The van der Waals surface area contributed by atoms with Crippen LogP contribution in [0, 0.1) is 0 Å². The van der Waals surface area contributed by atoms with E-state index in [2.05, 4.69) is 0 Å². The van der Waals surface area contributed by atoms with Gasteiger partial charge in [-0.25, -0.2) is 0 Å². The summed E-state index contributed by atoms with van der Waals surface area (Å²) < 4.78 is 0. The topological polar surface area (TPSA) is 30.5 Å².